The maximum Gasteiger partial charge on any atom is 0.292 e. The Hall–Kier alpha value is -2.93. The molecule has 2 aromatic carbocycles. The van der Waals surface area contributed by atoms with E-state index in [0.29, 0.717) is 33.1 Å². The van der Waals surface area contributed by atoms with E-state index in [1.165, 1.54) is 17.4 Å². The van der Waals surface area contributed by atoms with Crippen molar-refractivity contribution in [2.24, 2.45) is 4.99 Å². The zero-order valence-corrected chi connectivity index (χ0v) is 14.5. The van der Waals surface area contributed by atoms with Gasteiger partial charge in [-0.3, -0.25) is 4.79 Å². The molecular formula is C19H15FN2O3S. The van der Waals surface area contributed by atoms with E-state index in [0.717, 1.165) is 0 Å². The predicted octanol–water partition coefficient (Wildman–Crippen LogP) is 3.30. The molecule has 0 bridgehead atoms. The molecule has 5 nitrogen and oxygen atoms in total. The summed E-state index contributed by atoms with van der Waals surface area (Å²) in [7, 11) is 0. The van der Waals surface area contributed by atoms with E-state index in [1.807, 2.05) is 6.07 Å². The third-order valence-corrected chi connectivity index (χ3v) is 5.00. The molecule has 0 radical (unpaired) electrons. The molecule has 0 fully saturated rings. The number of nitrogens with zero attached hydrogens (tertiary/aromatic N) is 2. The van der Waals surface area contributed by atoms with Crippen molar-refractivity contribution >= 4 is 27.5 Å². The van der Waals surface area contributed by atoms with Gasteiger partial charge in [0.25, 0.3) is 5.91 Å². The van der Waals surface area contributed by atoms with Crippen molar-refractivity contribution in [1.82, 2.24) is 4.57 Å². The highest BCUT2D eigenvalue weighted by molar-refractivity contribution is 7.16. The molecular weight excluding hydrogens is 355 g/mol. The Morgan fingerprint density at radius 3 is 2.92 bits per heavy atom. The highest BCUT2D eigenvalue weighted by Crippen LogP contribution is 2.31. The van der Waals surface area contributed by atoms with Crippen molar-refractivity contribution in [3.8, 4) is 11.5 Å². The second-order valence-electron chi connectivity index (χ2n) is 5.68. The van der Waals surface area contributed by atoms with E-state index in [1.54, 1.807) is 41.0 Å². The lowest BCUT2D eigenvalue weighted by molar-refractivity contribution is -0.127. The maximum absolute atomic E-state index is 14.2. The van der Waals surface area contributed by atoms with Gasteiger partial charge in [0.2, 0.25) is 6.10 Å². The topological polar surface area (TPSA) is 52.8 Å². The van der Waals surface area contributed by atoms with Crippen LogP contribution in [0.4, 0.5) is 4.39 Å². The number of fused-ring (bicyclic) bond motifs is 2. The fraction of sp³-hybridized carbons (Fsp3) is 0.158. The summed E-state index contributed by atoms with van der Waals surface area (Å²) in [5.74, 6) is 0.279. The second kappa shape index (κ2) is 6.76. The van der Waals surface area contributed by atoms with E-state index >= 15 is 0 Å². The first-order valence-corrected chi connectivity index (χ1v) is 8.85. The standard InChI is InChI=1S/C19H15FN2O3S/c1-2-10-22-17-12(20)6-5-9-16(17)26-19(22)21-18(23)15-11-24-13-7-3-4-8-14(13)25-15/h2-9,15H,1,10-11H2/t15-/m1/s1. The summed E-state index contributed by atoms with van der Waals surface area (Å²) in [4.78, 5) is 17.2. The summed E-state index contributed by atoms with van der Waals surface area (Å²) in [6.45, 7) is 4.13. The maximum atomic E-state index is 14.2. The molecule has 4 rings (SSSR count). The van der Waals surface area contributed by atoms with Crippen molar-refractivity contribution in [3.05, 3.63) is 65.7 Å². The van der Waals surface area contributed by atoms with Gasteiger partial charge in [-0.15, -0.1) is 6.58 Å². The minimum atomic E-state index is -0.836. The van der Waals surface area contributed by atoms with Gasteiger partial charge in [0, 0.05) is 6.54 Å². The first kappa shape index (κ1) is 16.5. The number of thiazole rings is 1. The summed E-state index contributed by atoms with van der Waals surface area (Å²) in [5.41, 5.74) is 0.412. The number of hydrogen-bond donors (Lipinski definition) is 0. The highest BCUT2D eigenvalue weighted by atomic mass is 32.1. The normalized spacial score (nSPS) is 16.7. The van der Waals surface area contributed by atoms with Crippen LogP contribution in [0.3, 0.4) is 0 Å². The van der Waals surface area contributed by atoms with Crippen LogP contribution in [-0.4, -0.2) is 23.2 Å². The second-order valence-corrected chi connectivity index (χ2v) is 6.69. The first-order valence-electron chi connectivity index (χ1n) is 8.03. The molecule has 0 N–H and O–H groups in total. The van der Waals surface area contributed by atoms with Gasteiger partial charge in [-0.2, -0.15) is 4.99 Å². The molecule has 1 aliphatic heterocycles. The smallest absolute Gasteiger partial charge is 0.292 e. The SMILES string of the molecule is C=CCn1c(=NC(=O)[C@H]2COc3ccccc3O2)sc2cccc(F)c21. The molecule has 132 valence electrons. The Morgan fingerprint density at radius 1 is 1.31 bits per heavy atom. The number of hydrogen-bond acceptors (Lipinski definition) is 4. The van der Waals surface area contributed by atoms with E-state index in [2.05, 4.69) is 11.6 Å². The number of amides is 1. The number of carbonyl (C=O) groups is 1. The molecule has 0 saturated heterocycles. The van der Waals surface area contributed by atoms with E-state index in [-0.39, 0.29) is 12.4 Å². The van der Waals surface area contributed by atoms with Crippen molar-refractivity contribution in [3.63, 3.8) is 0 Å². The van der Waals surface area contributed by atoms with E-state index < -0.39 is 12.0 Å². The lowest BCUT2D eigenvalue weighted by Crippen LogP contribution is -2.36. The molecule has 0 aliphatic carbocycles. The average molecular weight is 370 g/mol. The van der Waals surface area contributed by atoms with Crippen LogP contribution in [-0.2, 0) is 11.3 Å². The predicted molar refractivity (Wildman–Crippen MR) is 96.9 cm³/mol. The minimum Gasteiger partial charge on any atom is -0.485 e. The first-order chi connectivity index (χ1) is 12.7. The third kappa shape index (κ3) is 2.90. The van der Waals surface area contributed by atoms with E-state index in [4.69, 9.17) is 9.47 Å². The molecule has 1 amide bonds. The molecule has 1 atom stereocenters. The Labute approximate surface area is 152 Å². The van der Waals surface area contributed by atoms with Crippen molar-refractivity contribution in [1.29, 1.82) is 0 Å². The monoisotopic (exact) mass is 370 g/mol. The summed E-state index contributed by atoms with van der Waals surface area (Å²) < 4.78 is 27.8. The number of allylic oxidation sites excluding steroid dienone is 1. The van der Waals surface area contributed by atoms with Crippen LogP contribution in [0, 0.1) is 5.82 Å². The zero-order valence-electron chi connectivity index (χ0n) is 13.7. The molecule has 2 heterocycles. The Balaban J connectivity index is 1.72. The molecule has 1 aliphatic rings. The highest BCUT2D eigenvalue weighted by Gasteiger charge is 2.27. The van der Waals surface area contributed by atoms with Gasteiger partial charge in [-0.1, -0.05) is 35.6 Å². The molecule has 0 unspecified atom stereocenters. The summed E-state index contributed by atoms with van der Waals surface area (Å²) in [6, 6.07) is 12.0. The number of halogens is 1. The van der Waals surface area contributed by atoms with Gasteiger partial charge in [-0.25, -0.2) is 4.39 Å². The van der Waals surface area contributed by atoms with Crippen LogP contribution in [0.5, 0.6) is 11.5 Å². The van der Waals surface area contributed by atoms with Gasteiger partial charge in [-0.05, 0) is 24.3 Å². The number of aromatic nitrogens is 1. The van der Waals surface area contributed by atoms with Crippen molar-refractivity contribution < 1.29 is 18.7 Å². The Kier molecular flexibility index (Phi) is 4.30. The number of ether oxygens (including phenoxy) is 2. The van der Waals surface area contributed by atoms with Crippen LogP contribution < -0.4 is 14.3 Å². The van der Waals surface area contributed by atoms with Crippen LogP contribution >= 0.6 is 11.3 Å². The Bertz CT molecular complexity index is 1070. The molecule has 3 aromatic rings. The lowest BCUT2D eigenvalue weighted by atomic mass is 10.2. The van der Waals surface area contributed by atoms with Crippen LogP contribution in [0.2, 0.25) is 0 Å². The third-order valence-electron chi connectivity index (χ3n) is 3.95. The summed E-state index contributed by atoms with van der Waals surface area (Å²) >= 11 is 1.25. The number of benzene rings is 2. The lowest BCUT2D eigenvalue weighted by Gasteiger charge is -2.23. The molecule has 1 aromatic heterocycles. The van der Waals surface area contributed by atoms with Gasteiger partial charge >= 0.3 is 0 Å². The zero-order chi connectivity index (χ0) is 18.1. The summed E-state index contributed by atoms with van der Waals surface area (Å²) in [6.07, 6.45) is 0.801. The Morgan fingerprint density at radius 2 is 2.12 bits per heavy atom. The quantitative estimate of drug-likeness (QED) is 0.665. The average Bonchev–Trinajstić information content (AvgIpc) is 3.00. The van der Waals surface area contributed by atoms with Gasteiger partial charge in [0.05, 0.1) is 10.2 Å². The molecule has 7 heteroatoms. The molecule has 0 spiro atoms. The fourth-order valence-corrected chi connectivity index (χ4v) is 3.84. The van der Waals surface area contributed by atoms with Crippen LogP contribution in [0.25, 0.3) is 10.2 Å². The summed E-state index contributed by atoms with van der Waals surface area (Å²) in [5, 5.41) is 0. The van der Waals surface area contributed by atoms with Gasteiger partial charge in [0.15, 0.2) is 16.3 Å². The van der Waals surface area contributed by atoms with Crippen molar-refractivity contribution in [2.75, 3.05) is 6.61 Å². The number of rotatable bonds is 3. The van der Waals surface area contributed by atoms with Crippen LogP contribution in [0.15, 0.2) is 60.1 Å². The number of carbonyl (C=O) groups excluding carboxylic acids is 1. The largest absolute Gasteiger partial charge is 0.485 e. The van der Waals surface area contributed by atoms with E-state index in [9.17, 15) is 9.18 Å². The fourth-order valence-electron chi connectivity index (χ4n) is 2.78. The van der Waals surface area contributed by atoms with Crippen LogP contribution in [0.1, 0.15) is 0 Å². The van der Waals surface area contributed by atoms with Gasteiger partial charge in [0.1, 0.15) is 12.4 Å². The molecule has 0 saturated carbocycles. The molecule has 26 heavy (non-hydrogen) atoms. The number of para-hydroxylation sites is 3. The van der Waals surface area contributed by atoms with Gasteiger partial charge < -0.3 is 14.0 Å². The minimum absolute atomic E-state index is 0.0834. The van der Waals surface area contributed by atoms with Crippen molar-refractivity contribution in [2.45, 2.75) is 12.6 Å².